The van der Waals surface area contributed by atoms with Crippen molar-refractivity contribution < 1.29 is 19.5 Å². The Morgan fingerprint density at radius 2 is 2.13 bits per heavy atom. The number of unbranched alkanes of at least 4 members (excludes halogenated alkanes) is 1. The molecule has 0 rings (SSSR count). The zero-order valence-corrected chi connectivity index (χ0v) is 10.0. The molecular weight excluding hydrogens is 219 g/mol. The number of nitrogens with zero attached hydrogens (tertiary/aromatic N) is 1. The fourth-order valence-corrected chi connectivity index (χ4v) is 1.42. The van der Waals surface area contributed by atoms with Gasteiger partial charge in [0.15, 0.2) is 0 Å². The van der Waals surface area contributed by atoms with E-state index >= 15 is 0 Å². The number of amides is 1. The minimum absolute atomic E-state index is 0.120. The van der Waals surface area contributed by atoms with E-state index in [-0.39, 0.29) is 25.3 Å². The van der Waals surface area contributed by atoms with E-state index in [0.29, 0.717) is 5.06 Å². The van der Waals surface area contributed by atoms with Crippen molar-refractivity contribution in [1.82, 2.24) is 10.4 Å². The average Bonchev–Trinajstić information content (AvgIpc) is 2.11. The maximum atomic E-state index is 11.2. The summed E-state index contributed by atoms with van der Waals surface area (Å²) in [6.45, 7) is 3.04. The molecule has 0 aromatic carbocycles. The lowest BCUT2D eigenvalue weighted by molar-refractivity contribution is -0.166. The van der Waals surface area contributed by atoms with Gasteiger partial charge >= 0.3 is 0 Å². The van der Waals surface area contributed by atoms with Gasteiger partial charge in [-0.15, -0.1) is 0 Å². The predicted octanol–water partition coefficient (Wildman–Crippen LogP) is 0.799. The summed E-state index contributed by atoms with van der Waals surface area (Å²) in [5.41, 5.74) is 0. The van der Waals surface area contributed by atoms with E-state index < -0.39 is 7.37 Å². The lowest BCUT2D eigenvalue weighted by atomic mass is 10.2. The molecule has 0 aromatic heterocycles. The zero-order chi connectivity index (χ0) is 11.9. The van der Waals surface area contributed by atoms with Gasteiger partial charge in [-0.05, 0) is 6.42 Å². The van der Waals surface area contributed by atoms with Gasteiger partial charge in [-0.25, -0.2) is 5.06 Å². The Bertz CT molecular complexity index is 241. The molecule has 0 heterocycles. The monoisotopic (exact) mass is 238 g/mol. The molecule has 6 nitrogen and oxygen atoms in total. The molecule has 0 saturated carbocycles. The molecule has 0 aromatic rings. The number of carbonyl (C=O) groups excluding carboxylic acids is 1. The molecule has 0 aliphatic carbocycles. The first kappa shape index (κ1) is 14.6. The van der Waals surface area contributed by atoms with Crippen LogP contribution in [-0.2, 0) is 9.36 Å². The molecule has 0 aliphatic heterocycles. The third kappa shape index (κ3) is 8.57. The first-order valence-electron chi connectivity index (χ1n) is 4.86. The van der Waals surface area contributed by atoms with E-state index in [1.165, 1.54) is 6.66 Å². The van der Waals surface area contributed by atoms with Crippen molar-refractivity contribution in [3.63, 3.8) is 0 Å². The molecule has 0 aliphatic rings. The summed E-state index contributed by atoms with van der Waals surface area (Å²) in [4.78, 5) is 20.1. The fourth-order valence-electron chi connectivity index (χ4n) is 0.909. The van der Waals surface area contributed by atoms with Gasteiger partial charge < -0.3 is 4.89 Å². The van der Waals surface area contributed by atoms with Crippen LogP contribution in [0.4, 0.5) is 0 Å². The van der Waals surface area contributed by atoms with Gasteiger partial charge in [0.2, 0.25) is 13.3 Å². The first-order chi connectivity index (χ1) is 6.87. The van der Waals surface area contributed by atoms with Gasteiger partial charge in [0.1, 0.15) is 0 Å². The average molecular weight is 238 g/mol. The number of rotatable bonds is 7. The van der Waals surface area contributed by atoms with Crippen molar-refractivity contribution in [2.24, 2.45) is 0 Å². The molecule has 1 amide bonds. The smallest absolute Gasteiger partial charge is 0.247 e. The Balaban J connectivity index is 3.69. The van der Waals surface area contributed by atoms with Gasteiger partial charge in [0.05, 0.1) is 13.0 Å². The zero-order valence-electron chi connectivity index (χ0n) is 9.14. The molecule has 0 saturated heterocycles. The van der Waals surface area contributed by atoms with Crippen LogP contribution in [0.1, 0.15) is 26.2 Å². The highest BCUT2D eigenvalue weighted by Gasteiger charge is 2.12. The van der Waals surface area contributed by atoms with Gasteiger partial charge in [-0.2, -0.15) is 0 Å². The maximum Gasteiger partial charge on any atom is 0.247 e. The van der Waals surface area contributed by atoms with Crippen molar-refractivity contribution in [1.29, 1.82) is 0 Å². The fraction of sp³-hybridized carbons (Fsp3) is 0.875. The van der Waals surface area contributed by atoms with Crippen LogP contribution >= 0.6 is 7.37 Å². The second kappa shape index (κ2) is 6.95. The summed E-state index contributed by atoms with van der Waals surface area (Å²) >= 11 is 0. The van der Waals surface area contributed by atoms with E-state index in [0.717, 1.165) is 12.8 Å². The van der Waals surface area contributed by atoms with Crippen LogP contribution < -0.4 is 5.32 Å². The molecular formula is C8H19N2O4P. The Morgan fingerprint density at radius 3 is 2.60 bits per heavy atom. The van der Waals surface area contributed by atoms with E-state index in [1.807, 2.05) is 6.92 Å². The molecule has 90 valence electrons. The van der Waals surface area contributed by atoms with Crippen LogP contribution in [0.3, 0.4) is 0 Å². The van der Waals surface area contributed by atoms with Crippen molar-refractivity contribution in [3.8, 4) is 0 Å². The summed E-state index contributed by atoms with van der Waals surface area (Å²) < 4.78 is 10.8. The topological polar surface area (TPSA) is 89.9 Å². The minimum atomic E-state index is -3.13. The summed E-state index contributed by atoms with van der Waals surface area (Å²) in [6.07, 6.45) is 1.78. The van der Waals surface area contributed by atoms with E-state index in [2.05, 4.69) is 5.32 Å². The number of hydroxylamine groups is 2. The molecule has 0 spiro atoms. The molecule has 0 fully saturated rings. The Hall–Kier alpha value is -0.420. The van der Waals surface area contributed by atoms with Crippen molar-refractivity contribution in [2.45, 2.75) is 26.2 Å². The maximum absolute atomic E-state index is 11.2. The summed E-state index contributed by atoms with van der Waals surface area (Å²) in [5.74, 6) is -0.381. The van der Waals surface area contributed by atoms with Crippen molar-refractivity contribution >= 4 is 13.3 Å². The third-order valence-electron chi connectivity index (χ3n) is 1.70. The van der Waals surface area contributed by atoms with Crippen LogP contribution in [0.2, 0.25) is 0 Å². The molecule has 0 bridgehead atoms. The van der Waals surface area contributed by atoms with Crippen molar-refractivity contribution in [2.75, 3.05) is 19.6 Å². The van der Waals surface area contributed by atoms with Crippen LogP contribution in [0.25, 0.3) is 0 Å². The van der Waals surface area contributed by atoms with Gasteiger partial charge in [-0.3, -0.25) is 19.9 Å². The summed E-state index contributed by atoms with van der Waals surface area (Å²) in [5, 5.41) is 12.2. The molecule has 7 heteroatoms. The Kier molecular flexibility index (Phi) is 6.76. The highest BCUT2D eigenvalue weighted by Crippen LogP contribution is 2.32. The molecule has 15 heavy (non-hydrogen) atoms. The van der Waals surface area contributed by atoms with E-state index in [9.17, 15) is 14.6 Å². The Labute approximate surface area is 89.7 Å². The Morgan fingerprint density at radius 1 is 1.53 bits per heavy atom. The van der Waals surface area contributed by atoms with Crippen LogP contribution in [0.5, 0.6) is 0 Å². The second-order valence-corrected chi connectivity index (χ2v) is 5.93. The normalized spacial score (nSPS) is 14.7. The predicted molar refractivity (Wildman–Crippen MR) is 56.8 cm³/mol. The quantitative estimate of drug-likeness (QED) is 0.264. The van der Waals surface area contributed by atoms with E-state index in [4.69, 9.17) is 4.89 Å². The molecule has 0 radical (unpaired) electrons. The third-order valence-corrected chi connectivity index (χ3v) is 2.51. The molecule has 1 atom stereocenters. The van der Waals surface area contributed by atoms with Gasteiger partial charge in [0, 0.05) is 13.1 Å². The summed E-state index contributed by atoms with van der Waals surface area (Å²) in [7, 11) is -3.13. The number of hydrogen-bond acceptors (Lipinski definition) is 4. The largest absolute Gasteiger partial charge is 0.344 e. The highest BCUT2D eigenvalue weighted by atomic mass is 31.2. The lowest BCUT2D eigenvalue weighted by Crippen LogP contribution is -2.36. The minimum Gasteiger partial charge on any atom is -0.344 e. The lowest BCUT2D eigenvalue weighted by Gasteiger charge is -2.16. The molecule has 1 unspecified atom stereocenters. The standard InChI is InChI=1S/C8H19N2O4P/c1-3-4-5-8(11)10(12)6-9-7-15(2,13)14/h9,12H,3-7H2,1-2H3,(H,13,14). The number of carbonyl (C=O) groups is 1. The van der Waals surface area contributed by atoms with Crippen LogP contribution in [-0.4, -0.2) is 40.7 Å². The number of hydrogen-bond donors (Lipinski definition) is 3. The SMILES string of the molecule is CCCCC(=O)N(O)CNCP(C)(=O)O. The van der Waals surface area contributed by atoms with Gasteiger partial charge in [0.25, 0.3) is 0 Å². The first-order valence-corrected chi connectivity index (χ1v) is 7.15. The van der Waals surface area contributed by atoms with Crippen LogP contribution in [0.15, 0.2) is 0 Å². The molecule has 3 N–H and O–H groups in total. The van der Waals surface area contributed by atoms with E-state index in [1.54, 1.807) is 0 Å². The summed E-state index contributed by atoms with van der Waals surface area (Å²) in [6, 6.07) is 0. The van der Waals surface area contributed by atoms with Gasteiger partial charge in [-0.1, -0.05) is 13.3 Å². The van der Waals surface area contributed by atoms with Crippen molar-refractivity contribution in [3.05, 3.63) is 0 Å². The number of nitrogens with one attached hydrogen (secondary N) is 1. The second-order valence-electron chi connectivity index (χ2n) is 3.51. The van der Waals surface area contributed by atoms with Crippen LogP contribution in [0, 0.1) is 0 Å². The highest BCUT2D eigenvalue weighted by molar-refractivity contribution is 7.57.